The molecule has 2 nitrogen and oxygen atoms in total. The minimum atomic E-state index is -0.359. The number of hydrogen-bond acceptors (Lipinski definition) is 2. The van der Waals surface area contributed by atoms with Crippen molar-refractivity contribution in [2.75, 3.05) is 0 Å². The van der Waals surface area contributed by atoms with Crippen LogP contribution in [-0.2, 0) is 9.47 Å². The molecule has 0 N–H and O–H groups in total. The zero-order chi connectivity index (χ0) is 16.8. The molecule has 0 amide bonds. The van der Waals surface area contributed by atoms with Gasteiger partial charge in [0.05, 0.1) is 12.2 Å². The van der Waals surface area contributed by atoms with Crippen LogP contribution in [0.4, 0.5) is 0 Å². The van der Waals surface area contributed by atoms with Gasteiger partial charge in [0, 0.05) is 12.8 Å². The van der Waals surface area contributed by atoms with E-state index >= 15 is 0 Å². The van der Waals surface area contributed by atoms with Gasteiger partial charge < -0.3 is 9.47 Å². The van der Waals surface area contributed by atoms with E-state index in [0.717, 1.165) is 12.8 Å². The van der Waals surface area contributed by atoms with Gasteiger partial charge in [-0.1, -0.05) is 58.8 Å². The fraction of sp³-hybridized carbons (Fsp3) is 1.00. The first-order chi connectivity index (χ1) is 10.5. The van der Waals surface area contributed by atoms with Crippen LogP contribution in [-0.4, -0.2) is 18.0 Å². The predicted octanol–water partition coefficient (Wildman–Crippen LogP) is 6.86. The van der Waals surface area contributed by atoms with Gasteiger partial charge in [-0.25, -0.2) is 0 Å². The van der Waals surface area contributed by atoms with Gasteiger partial charge in [0.2, 0.25) is 0 Å². The summed E-state index contributed by atoms with van der Waals surface area (Å²) in [6, 6.07) is 0. The molecule has 0 radical (unpaired) electrons. The molecule has 0 saturated carbocycles. The van der Waals surface area contributed by atoms with E-state index in [0.29, 0.717) is 0 Å². The molecule has 0 aliphatic heterocycles. The second kappa shape index (κ2) is 13.4. The minimum absolute atomic E-state index is 0.222. The standard InChI is InChI=1S/C20H42O2/c1-7-9-11-12-13-14-15-17-20(16-10-8-2,21-18(3)4)22-19(5)6/h18-19H,7-17H2,1-6H3. The largest absolute Gasteiger partial charge is 0.347 e. The Bertz CT molecular complexity index is 226. The van der Waals surface area contributed by atoms with Gasteiger partial charge in [0.1, 0.15) is 0 Å². The summed E-state index contributed by atoms with van der Waals surface area (Å²) in [6.45, 7) is 13.0. The first kappa shape index (κ1) is 21.9. The Labute approximate surface area is 140 Å². The molecule has 0 rings (SSSR count). The van der Waals surface area contributed by atoms with Crippen molar-refractivity contribution in [1.29, 1.82) is 0 Å². The fourth-order valence-electron chi connectivity index (χ4n) is 3.05. The van der Waals surface area contributed by atoms with Crippen molar-refractivity contribution in [3.8, 4) is 0 Å². The number of rotatable bonds is 15. The summed E-state index contributed by atoms with van der Waals surface area (Å²) in [7, 11) is 0. The molecular formula is C20H42O2. The van der Waals surface area contributed by atoms with Crippen molar-refractivity contribution in [1.82, 2.24) is 0 Å². The molecule has 22 heavy (non-hydrogen) atoms. The molecule has 0 aromatic carbocycles. The Hall–Kier alpha value is -0.0800. The van der Waals surface area contributed by atoms with E-state index in [1.165, 1.54) is 57.8 Å². The second-order valence-corrected chi connectivity index (χ2v) is 7.22. The van der Waals surface area contributed by atoms with Crippen molar-refractivity contribution in [2.45, 2.75) is 130 Å². The number of unbranched alkanes of at least 4 members (excludes halogenated alkanes) is 7. The van der Waals surface area contributed by atoms with Crippen LogP contribution in [0.5, 0.6) is 0 Å². The lowest BCUT2D eigenvalue weighted by Crippen LogP contribution is -2.40. The van der Waals surface area contributed by atoms with Crippen LogP contribution < -0.4 is 0 Å². The van der Waals surface area contributed by atoms with Gasteiger partial charge in [-0.15, -0.1) is 0 Å². The summed E-state index contributed by atoms with van der Waals surface area (Å²) < 4.78 is 12.5. The molecule has 0 atom stereocenters. The molecule has 0 unspecified atom stereocenters. The average molecular weight is 315 g/mol. The van der Waals surface area contributed by atoms with E-state index < -0.39 is 0 Å². The van der Waals surface area contributed by atoms with E-state index in [-0.39, 0.29) is 18.0 Å². The highest BCUT2D eigenvalue weighted by molar-refractivity contribution is 4.73. The van der Waals surface area contributed by atoms with Crippen LogP contribution in [0, 0.1) is 0 Å². The van der Waals surface area contributed by atoms with Crippen LogP contribution in [0.25, 0.3) is 0 Å². The minimum Gasteiger partial charge on any atom is -0.347 e. The zero-order valence-electron chi connectivity index (χ0n) is 16.2. The third-order valence-corrected chi connectivity index (χ3v) is 3.97. The molecular weight excluding hydrogens is 272 g/mol. The smallest absolute Gasteiger partial charge is 0.168 e. The molecule has 0 fully saturated rings. The van der Waals surface area contributed by atoms with Crippen molar-refractivity contribution >= 4 is 0 Å². The second-order valence-electron chi connectivity index (χ2n) is 7.22. The van der Waals surface area contributed by atoms with Crippen molar-refractivity contribution in [2.24, 2.45) is 0 Å². The van der Waals surface area contributed by atoms with Gasteiger partial charge in [-0.2, -0.15) is 0 Å². The van der Waals surface area contributed by atoms with Crippen LogP contribution in [0.3, 0.4) is 0 Å². The van der Waals surface area contributed by atoms with Crippen molar-refractivity contribution in [3.05, 3.63) is 0 Å². The van der Waals surface area contributed by atoms with Crippen molar-refractivity contribution < 1.29 is 9.47 Å². The molecule has 0 aromatic heterocycles. The summed E-state index contributed by atoms with van der Waals surface area (Å²) in [5.41, 5.74) is 0. The molecule has 0 spiro atoms. The number of hydrogen-bond donors (Lipinski definition) is 0. The summed E-state index contributed by atoms with van der Waals surface area (Å²) in [5.74, 6) is -0.359. The molecule has 0 bridgehead atoms. The van der Waals surface area contributed by atoms with E-state index in [9.17, 15) is 0 Å². The molecule has 0 aliphatic carbocycles. The highest BCUT2D eigenvalue weighted by atomic mass is 16.7. The first-order valence-electron chi connectivity index (χ1n) is 9.81. The summed E-state index contributed by atoms with van der Waals surface area (Å²) >= 11 is 0. The zero-order valence-corrected chi connectivity index (χ0v) is 16.2. The first-order valence-corrected chi connectivity index (χ1v) is 9.81. The molecule has 0 aliphatic rings. The van der Waals surface area contributed by atoms with Crippen LogP contribution >= 0.6 is 0 Å². The normalized spacial score (nSPS) is 12.5. The van der Waals surface area contributed by atoms with E-state index in [1.54, 1.807) is 0 Å². The third kappa shape index (κ3) is 11.5. The van der Waals surface area contributed by atoms with Gasteiger partial charge in [0.15, 0.2) is 5.79 Å². The molecule has 2 heteroatoms. The highest BCUT2D eigenvalue weighted by Crippen LogP contribution is 2.31. The Kier molecular flexibility index (Phi) is 13.3. The average Bonchev–Trinajstić information content (AvgIpc) is 2.43. The van der Waals surface area contributed by atoms with Gasteiger partial charge in [-0.3, -0.25) is 0 Å². The predicted molar refractivity (Wildman–Crippen MR) is 97.3 cm³/mol. The molecule has 0 heterocycles. The molecule has 0 saturated heterocycles. The fourth-order valence-corrected chi connectivity index (χ4v) is 3.05. The van der Waals surface area contributed by atoms with Crippen LogP contribution in [0.2, 0.25) is 0 Å². The lowest BCUT2D eigenvalue weighted by molar-refractivity contribution is -0.276. The van der Waals surface area contributed by atoms with Crippen molar-refractivity contribution in [3.63, 3.8) is 0 Å². The lowest BCUT2D eigenvalue weighted by atomic mass is 9.99. The van der Waals surface area contributed by atoms with E-state index in [1.807, 2.05) is 0 Å². The third-order valence-electron chi connectivity index (χ3n) is 3.97. The SMILES string of the molecule is CCCCCCCCCC(CCCC)(OC(C)C)OC(C)C. The molecule has 0 aromatic rings. The highest BCUT2D eigenvalue weighted by Gasteiger charge is 2.33. The summed E-state index contributed by atoms with van der Waals surface area (Å²) in [5, 5.41) is 0. The summed E-state index contributed by atoms with van der Waals surface area (Å²) in [6.07, 6.45) is 14.2. The van der Waals surface area contributed by atoms with E-state index in [2.05, 4.69) is 41.5 Å². The molecule has 134 valence electrons. The van der Waals surface area contributed by atoms with E-state index in [4.69, 9.17) is 9.47 Å². The van der Waals surface area contributed by atoms with Crippen LogP contribution in [0.15, 0.2) is 0 Å². The lowest BCUT2D eigenvalue weighted by Gasteiger charge is -2.37. The Morgan fingerprint density at radius 3 is 1.45 bits per heavy atom. The maximum Gasteiger partial charge on any atom is 0.168 e. The Morgan fingerprint density at radius 1 is 0.591 bits per heavy atom. The number of ether oxygens (including phenoxy) is 2. The maximum absolute atomic E-state index is 6.27. The Balaban J connectivity index is 4.34. The topological polar surface area (TPSA) is 18.5 Å². The van der Waals surface area contributed by atoms with Gasteiger partial charge in [-0.05, 0) is 40.5 Å². The maximum atomic E-state index is 6.27. The quantitative estimate of drug-likeness (QED) is 0.243. The van der Waals surface area contributed by atoms with Crippen LogP contribution in [0.1, 0.15) is 112 Å². The van der Waals surface area contributed by atoms with Gasteiger partial charge in [0.25, 0.3) is 0 Å². The summed E-state index contributed by atoms with van der Waals surface area (Å²) in [4.78, 5) is 0. The Morgan fingerprint density at radius 2 is 1.00 bits per heavy atom. The monoisotopic (exact) mass is 314 g/mol. The van der Waals surface area contributed by atoms with Gasteiger partial charge >= 0.3 is 0 Å².